The van der Waals surface area contributed by atoms with Crippen molar-refractivity contribution in [3.05, 3.63) is 72.0 Å². The third-order valence-electron chi connectivity index (χ3n) is 6.44. The lowest BCUT2D eigenvalue weighted by molar-refractivity contribution is -0.135. The summed E-state index contributed by atoms with van der Waals surface area (Å²) in [4.78, 5) is 40.4. The predicted molar refractivity (Wildman–Crippen MR) is 138 cm³/mol. The summed E-state index contributed by atoms with van der Waals surface area (Å²) in [6.45, 7) is 3.24. The van der Waals surface area contributed by atoms with Crippen LogP contribution < -0.4 is 5.32 Å². The van der Waals surface area contributed by atoms with Gasteiger partial charge >= 0.3 is 0 Å². The SMILES string of the molecule is CNC(=O)C(C(=O)CO)N(C)C(=O)c1ccc(-c2ccc(-c3ccc(CN4CCOCC4)o3)cc2)cc1. The van der Waals surface area contributed by atoms with Crippen molar-refractivity contribution in [1.82, 2.24) is 15.1 Å². The molecular weight excluding hydrogens is 474 g/mol. The Hall–Kier alpha value is -3.79. The molecule has 194 valence electrons. The van der Waals surface area contributed by atoms with E-state index in [1.54, 1.807) is 12.1 Å². The number of benzene rings is 2. The number of carbonyl (C=O) groups excluding carboxylic acids is 3. The predicted octanol–water partition coefficient (Wildman–Crippen LogP) is 2.19. The van der Waals surface area contributed by atoms with Crippen molar-refractivity contribution < 1.29 is 28.6 Å². The molecule has 1 aromatic heterocycles. The van der Waals surface area contributed by atoms with E-state index in [9.17, 15) is 19.5 Å². The number of rotatable bonds is 9. The van der Waals surface area contributed by atoms with Crippen molar-refractivity contribution in [2.75, 3.05) is 47.0 Å². The maximum atomic E-state index is 12.9. The van der Waals surface area contributed by atoms with Crippen molar-refractivity contribution in [3.8, 4) is 22.5 Å². The van der Waals surface area contributed by atoms with Crippen LogP contribution in [-0.2, 0) is 20.9 Å². The molecule has 2 aromatic carbocycles. The Morgan fingerprint density at radius 2 is 1.54 bits per heavy atom. The Kier molecular flexibility index (Phi) is 8.50. The first-order chi connectivity index (χ1) is 17.9. The maximum Gasteiger partial charge on any atom is 0.254 e. The second-order valence-corrected chi connectivity index (χ2v) is 8.87. The van der Waals surface area contributed by atoms with E-state index in [0.29, 0.717) is 5.56 Å². The standard InChI is InChI=1S/C28H31N3O6/c1-29-27(34)26(24(33)18-32)30(2)28(35)22-9-5-20(6-10-22)19-3-7-21(8-4-19)25-12-11-23(37-25)17-31-13-15-36-16-14-31/h3-12,26,32H,13-18H2,1-2H3,(H,29,34). The van der Waals surface area contributed by atoms with Gasteiger partial charge in [0, 0.05) is 38.3 Å². The second kappa shape index (κ2) is 12.0. The molecule has 2 amide bonds. The zero-order chi connectivity index (χ0) is 26.4. The van der Waals surface area contributed by atoms with Crippen molar-refractivity contribution in [3.63, 3.8) is 0 Å². The van der Waals surface area contributed by atoms with Crippen molar-refractivity contribution in [1.29, 1.82) is 0 Å². The third-order valence-corrected chi connectivity index (χ3v) is 6.44. The van der Waals surface area contributed by atoms with Crippen molar-refractivity contribution in [2.24, 2.45) is 0 Å². The van der Waals surface area contributed by atoms with Crippen molar-refractivity contribution in [2.45, 2.75) is 12.6 Å². The minimum absolute atomic E-state index is 0.325. The van der Waals surface area contributed by atoms with Crippen LogP contribution in [0.4, 0.5) is 0 Å². The lowest BCUT2D eigenvalue weighted by Gasteiger charge is -2.25. The highest BCUT2D eigenvalue weighted by molar-refractivity contribution is 6.10. The number of aliphatic hydroxyl groups is 1. The summed E-state index contributed by atoms with van der Waals surface area (Å²) in [6, 6.07) is 17.5. The number of aliphatic hydroxyl groups excluding tert-OH is 1. The Balaban J connectivity index is 1.43. The fourth-order valence-corrected chi connectivity index (χ4v) is 4.31. The molecule has 2 heterocycles. The molecule has 0 aliphatic carbocycles. The molecule has 3 aromatic rings. The van der Waals surface area contributed by atoms with Crippen LogP contribution in [0.3, 0.4) is 0 Å². The zero-order valence-corrected chi connectivity index (χ0v) is 21.0. The van der Waals surface area contributed by atoms with Crippen LogP contribution in [-0.4, -0.2) is 85.6 Å². The number of amides is 2. The number of nitrogens with one attached hydrogen (secondary N) is 1. The lowest BCUT2D eigenvalue weighted by Crippen LogP contribution is -2.52. The highest BCUT2D eigenvalue weighted by atomic mass is 16.5. The number of likely N-dealkylation sites (N-methyl/N-ethyl adjacent to an activating group) is 2. The first-order valence-electron chi connectivity index (χ1n) is 12.1. The average molecular weight is 506 g/mol. The van der Waals surface area contributed by atoms with Gasteiger partial charge in [-0.25, -0.2) is 0 Å². The van der Waals surface area contributed by atoms with E-state index >= 15 is 0 Å². The number of hydrogen-bond donors (Lipinski definition) is 2. The smallest absolute Gasteiger partial charge is 0.254 e. The Morgan fingerprint density at radius 3 is 2.14 bits per heavy atom. The average Bonchev–Trinajstić information content (AvgIpc) is 3.41. The minimum Gasteiger partial charge on any atom is -0.460 e. The largest absolute Gasteiger partial charge is 0.460 e. The minimum atomic E-state index is -1.40. The molecule has 4 rings (SSSR count). The number of nitrogens with zero attached hydrogens (tertiary/aromatic N) is 2. The monoisotopic (exact) mass is 505 g/mol. The van der Waals surface area contributed by atoms with E-state index in [0.717, 1.165) is 66.0 Å². The van der Waals surface area contributed by atoms with Crippen LogP contribution in [0.5, 0.6) is 0 Å². The summed E-state index contributed by atoms with van der Waals surface area (Å²) in [6.07, 6.45) is 0. The van der Waals surface area contributed by atoms with Gasteiger partial charge in [0.2, 0.25) is 5.91 Å². The number of morpholine rings is 1. The van der Waals surface area contributed by atoms with Crippen LogP contribution in [0.2, 0.25) is 0 Å². The molecule has 1 atom stereocenters. The normalized spacial score (nSPS) is 14.7. The van der Waals surface area contributed by atoms with Crippen LogP contribution in [0, 0.1) is 0 Å². The molecule has 1 unspecified atom stereocenters. The molecule has 0 bridgehead atoms. The van der Waals surface area contributed by atoms with E-state index in [1.807, 2.05) is 48.5 Å². The van der Waals surface area contributed by atoms with Crippen LogP contribution in [0.25, 0.3) is 22.5 Å². The van der Waals surface area contributed by atoms with E-state index in [2.05, 4.69) is 10.2 Å². The fraction of sp³-hybridized carbons (Fsp3) is 0.321. The Morgan fingerprint density at radius 1 is 0.946 bits per heavy atom. The summed E-state index contributed by atoms with van der Waals surface area (Å²) in [7, 11) is 2.73. The van der Waals surface area contributed by atoms with Crippen LogP contribution in [0.15, 0.2) is 65.1 Å². The highest BCUT2D eigenvalue weighted by Gasteiger charge is 2.32. The van der Waals surface area contributed by atoms with Gasteiger partial charge in [-0.05, 0) is 35.4 Å². The Labute approximate surface area is 215 Å². The molecule has 0 spiro atoms. The molecule has 0 saturated carbocycles. The number of ether oxygens (including phenoxy) is 1. The van der Waals surface area contributed by atoms with E-state index < -0.39 is 30.2 Å². The van der Waals surface area contributed by atoms with Crippen molar-refractivity contribution >= 4 is 17.6 Å². The van der Waals surface area contributed by atoms with Gasteiger partial charge in [-0.15, -0.1) is 0 Å². The summed E-state index contributed by atoms with van der Waals surface area (Å²) < 4.78 is 11.5. The number of Topliss-reactive ketones (excluding diaryl/α,β-unsaturated/α-hetero) is 1. The molecule has 1 saturated heterocycles. The first kappa shape index (κ1) is 26.3. The molecule has 37 heavy (non-hydrogen) atoms. The molecule has 2 N–H and O–H groups in total. The molecule has 9 nitrogen and oxygen atoms in total. The van der Waals surface area contributed by atoms with Gasteiger partial charge in [-0.2, -0.15) is 0 Å². The number of hydrogen-bond acceptors (Lipinski definition) is 7. The van der Waals surface area contributed by atoms with Gasteiger partial charge in [0.25, 0.3) is 5.91 Å². The third kappa shape index (κ3) is 6.14. The Bertz CT molecular complexity index is 1210. The summed E-state index contributed by atoms with van der Waals surface area (Å²) in [5, 5.41) is 11.5. The van der Waals surface area contributed by atoms with E-state index in [4.69, 9.17) is 9.15 Å². The molecule has 1 fully saturated rings. The second-order valence-electron chi connectivity index (χ2n) is 8.87. The highest BCUT2D eigenvalue weighted by Crippen LogP contribution is 2.27. The summed E-state index contributed by atoms with van der Waals surface area (Å²) in [5.74, 6) is -0.177. The molecule has 9 heteroatoms. The maximum absolute atomic E-state index is 12.9. The first-order valence-corrected chi connectivity index (χ1v) is 12.1. The number of ketones is 1. The summed E-state index contributed by atoms with van der Waals surface area (Å²) in [5.41, 5.74) is 3.17. The molecule has 0 radical (unpaired) electrons. The van der Waals surface area contributed by atoms with Gasteiger partial charge in [-0.1, -0.05) is 36.4 Å². The van der Waals surface area contributed by atoms with E-state index in [1.165, 1.54) is 14.1 Å². The van der Waals surface area contributed by atoms with Gasteiger partial charge < -0.3 is 24.5 Å². The van der Waals surface area contributed by atoms with Crippen LogP contribution in [0.1, 0.15) is 16.1 Å². The quantitative estimate of drug-likeness (QED) is 0.429. The number of furan rings is 1. The van der Waals surface area contributed by atoms with Gasteiger partial charge in [0.15, 0.2) is 11.8 Å². The number of carbonyl (C=O) groups is 3. The topological polar surface area (TPSA) is 112 Å². The van der Waals surface area contributed by atoms with Crippen LogP contribution >= 0.6 is 0 Å². The van der Waals surface area contributed by atoms with E-state index in [-0.39, 0.29) is 0 Å². The van der Waals surface area contributed by atoms with Gasteiger partial charge in [0.05, 0.1) is 19.8 Å². The molecule has 1 aliphatic rings. The molecule has 1 aliphatic heterocycles. The van der Waals surface area contributed by atoms with Gasteiger partial charge in [-0.3, -0.25) is 19.3 Å². The molecular formula is C28H31N3O6. The summed E-state index contributed by atoms with van der Waals surface area (Å²) >= 11 is 0. The zero-order valence-electron chi connectivity index (χ0n) is 21.0. The van der Waals surface area contributed by atoms with Gasteiger partial charge in [0.1, 0.15) is 18.1 Å². The fourth-order valence-electron chi connectivity index (χ4n) is 4.31. The lowest BCUT2D eigenvalue weighted by atomic mass is 10.0.